The Balaban J connectivity index is 1.67. The summed E-state index contributed by atoms with van der Waals surface area (Å²) < 4.78 is 16.2. The second kappa shape index (κ2) is 7.69. The van der Waals surface area contributed by atoms with Gasteiger partial charge in [-0.05, 0) is 56.3 Å². The van der Waals surface area contributed by atoms with Crippen LogP contribution in [0.1, 0.15) is 13.8 Å². The van der Waals surface area contributed by atoms with Gasteiger partial charge >= 0.3 is 5.97 Å². The zero-order chi connectivity index (χ0) is 18.5. The molecule has 0 fully saturated rings. The van der Waals surface area contributed by atoms with Gasteiger partial charge in [0, 0.05) is 5.69 Å². The molecular weight excluding hydrogens is 334 g/mol. The molecule has 2 N–H and O–H groups in total. The Morgan fingerprint density at radius 3 is 2.58 bits per heavy atom. The lowest BCUT2D eigenvalue weighted by atomic mass is 10.3. The number of fused-ring (bicyclic) bond motifs is 1. The fourth-order valence-corrected chi connectivity index (χ4v) is 2.28. The normalized spacial score (nSPS) is 11.8. The van der Waals surface area contributed by atoms with E-state index in [2.05, 4.69) is 9.97 Å². The van der Waals surface area contributed by atoms with Crippen LogP contribution < -0.4 is 15.2 Å². The third-order valence-corrected chi connectivity index (χ3v) is 3.52. The summed E-state index contributed by atoms with van der Waals surface area (Å²) >= 11 is 0. The number of anilines is 1. The van der Waals surface area contributed by atoms with Crippen molar-refractivity contribution in [1.29, 1.82) is 0 Å². The minimum atomic E-state index is -0.680. The Hall–Kier alpha value is -3.35. The lowest BCUT2D eigenvalue weighted by Gasteiger charge is -2.13. The number of esters is 1. The number of rotatable bonds is 6. The molecule has 7 heteroatoms. The van der Waals surface area contributed by atoms with Crippen molar-refractivity contribution in [3.63, 3.8) is 0 Å². The summed E-state index contributed by atoms with van der Waals surface area (Å²) in [6.07, 6.45) is 0.857. The Morgan fingerprint density at radius 2 is 1.85 bits per heavy atom. The van der Waals surface area contributed by atoms with E-state index in [1.54, 1.807) is 56.3 Å². The highest BCUT2D eigenvalue weighted by atomic mass is 16.6. The number of nitrogens with two attached hydrogens (primary N) is 1. The molecule has 0 aliphatic heterocycles. The quantitative estimate of drug-likeness (QED) is 0.536. The van der Waals surface area contributed by atoms with Gasteiger partial charge in [-0.1, -0.05) is 0 Å². The summed E-state index contributed by atoms with van der Waals surface area (Å²) in [5.41, 5.74) is 7.76. The van der Waals surface area contributed by atoms with Gasteiger partial charge in [0.15, 0.2) is 6.10 Å². The van der Waals surface area contributed by atoms with Gasteiger partial charge in [0.25, 0.3) is 0 Å². The number of nitrogen functional groups attached to an aromatic ring is 1. The van der Waals surface area contributed by atoms with E-state index in [0.717, 1.165) is 0 Å². The monoisotopic (exact) mass is 353 g/mol. The van der Waals surface area contributed by atoms with Crippen molar-refractivity contribution < 1.29 is 19.0 Å². The minimum absolute atomic E-state index is 0.318. The molecule has 0 bridgehead atoms. The maximum atomic E-state index is 11.6. The number of nitrogens with zero attached hydrogens (tertiary/aromatic N) is 2. The molecule has 0 saturated carbocycles. The van der Waals surface area contributed by atoms with Gasteiger partial charge in [0.1, 0.15) is 11.5 Å². The van der Waals surface area contributed by atoms with E-state index in [0.29, 0.717) is 40.7 Å². The largest absolute Gasteiger partial charge is 0.479 e. The van der Waals surface area contributed by atoms with Crippen LogP contribution in [0.3, 0.4) is 0 Å². The molecule has 0 radical (unpaired) electrons. The van der Waals surface area contributed by atoms with Crippen molar-refractivity contribution >= 4 is 22.7 Å². The third kappa shape index (κ3) is 4.18. The average Bonchev–Trinajstić information content (AvgIpc) is 2.63. The fraction of sp³-hybridized carbons (Fsp3) is 0.211. The van der Waals surface area contributed by atoms with Gasteiger partial charge in [0.2, 0.25) is 5.88 Å². The first-order chi connectivity index (χ1) is 12.5. The van der Waals surface area contributed by atoms with Crippen LogP contribution in [0.5, 0.6) is 17.4 Å². The molecular formula is C19H19N3O4. The lowest BCUT2D eigenvalue weighted by molar-refractivity contribution is -0.150. The first-order valence-electron chi connectivity index (χ1n) is 8.18. The van der Waals surface area contributed by atoms with Gasteiger partial charge in [-0.15, -0.1) is 0 Å². The Kier molecular flexibility index (Phi) is 5.17. The van der Waals surface area contributed by atoms with Gasteiger partial charge < -0.3 is 19.9 Å². The molecule has 3 rings (SSSR count). The molecule has 0 spiro atoms. The van der Waals surface area contributed by atoms with E-state index in [1.165, 1.54) is 6.20 Å². The van der Waals surface area contributed by atoms with Crippen LogP contribution in [0.15, 0.2) is 48.7 Å². The summed E-state index contributed by atoms with van der Waals surface area (Å²) in [6.45, 7) is 3.71. The number of hydrogen-bond acceptors (Lipinski definition) is 7. The van der Waals surface area contributed by atoms with Gasteiger partial charge in [-0.25, -0.2) is 14.8 Å². The summed E-state index contributed by atoms with van der Waals surface area (Å²) in [5.74, 6) is 1.08. The fourth-order valence-electron chi connectivity index (χ4n) is 2.28. The molecule has 2 aromatic carbocycles. The SMILES string of the molecule is CCOC(=O)C(C)Oc1ccc(Oc2cnc3cc(N)ccc3n2)cc1. The van der Waals surface area contributed by atoms with Crippen molar-refractivity contribution in [2.75, 3.05) is 12.3 Å². The van der Waals surface area contributed by atoms with Crippen molar-refractivity contribution in [3.05, 3.63) is 48.7 Å². The van der Waals surface area contributed by atoms with Crippen LogP contribution in [-0.4, -0.2) is 28.6 Å². The zero-order valence-corrected chi connectivity index (χ0v) is 14.5. The van der Waals surface area contributed by atoms with Crippen molar-refractivity contribution in [1.82, 2.24) is 9.97 Å². The smallest absolute Gasteiger partial charge is 0.347 e. The molecule has 1 heterocycles. The van der Waals surface area contributed by atoms with Crippen LogP contribution in [0, 0.1) is 0 Å². The first-order valence-corrected chi connectivity index (χ1v) is 8.18. The van der Waals surface area contributed by atoms with Crippen LogP contribution in [-0.2, 0) is 9.53 Å². The molecule has 7 nitrogen and oxygen atoms in total. The summed E-state index contributed by atoms with van der Waals surface area (Å²) in [4.78, 5) is 20.3. The maximum absolute atomic E-state index is 11.6. The number of ether oxygens (including phenoxy) is 3. The number of hydrogen-bond donors (Lipinski definition) is 1. The van der Waals surface area contributed by atoms with E-state index in [4.69, 9.17) is 19.9 Å². The number of benzene rings is 2. The lowest BCUT2D eigenvalue weighted by Crippen LogP contribution is -2.25. The van der Waals surface area contributed by atoms with E-state index >= 15 is 0 Å². The third-order valence-electron chi connectivity index (χ3n) is 3.52. The molecule has 0 aliphatic carbocycles. The Labute approximate surface area is 150 Å². The predicted octanol–water partition coefficient (Wildman–Crippen LogP) is 3.33. The number of carbonyl (C=O) groups excluding carboxylic acids is 1. The van der Waals surface area contributed by atoms with E-state index < -0.39 is 12.1 Å². The summed E-state index contributed by atoms with van der Waals surface area (Å²) in [7, 11) is 0. The Bertz CT molecular complexity index is 912. The topological polar surface area (TPSA) is 96.6 Å². The van der Waals surface area contributed by atoms with E-state index in [1.807, 2.05) is 0 Å². The van der Waals surface area contributed by atoms with E-state index in [-0.39, 0.29) is 0 Å². The molecule has 134 valence electrons. The molecule has 1 atom stereocenters. The number of aromatic nitrogens is 2. The van der Waals surface area contributed by atoms with Crippen LogP contribution >= 0.6 is 0 Å². The molecule has 1 unspecified atom stereocenters. The van der Waals surface area contributed by atoms with Gasteiger partial charge in [-0.2, -0.15) is 0 Å². The molecule has 26 heavy (non-hydrogen) atoms. The molecule has 3 aromatic rings. The molecule has 0 aliphatic rings. The van der Waals surface area contributed by atoms with Crippen molar-refractivity contribution in [3.8, 4) is 17.4 Å². The zero-order valence-electron chi connectivity index (χ0n) is 14.5. The average molecular weight is 353 g/mol. The Morgan fingerprint density at radius 1 is 1.12 bits per heavy atom. The van der Waals surface area contributed by atoms with Gasteiger partial charge in [-0.3, -0.25) is 0 Å². The van der Waals surface area contributed by atoms with Crippen LogP contribution in [0.2, 0.25) is 0 Å². The minimum Gasteiger partial charge on any atom is -0.479 e. The van der Waals surface area contributed by atoms with Gasteiger partial charge in [0.05, 0.1) is 23.8 Å². The van der Waals surface area contributed by atoms with Crippen LogP contribution in [0.4, 0.5) is 5.69 Å². The summed E-state index contributed by atoms with van der Waals surface area (Å²) in [6, 6.07) is 12.2. The second-order valence-corrected chi connectivity index (χ2v) is 5.54. The van der Waals surface area contributed by atoms with E-state index in [9.17, 15) is 4.79 Å². The maximum Gasteiger partial charge on any atom is 0.347 e. The highest BCUT2D eigenvalue weighted by molar-refractivity contribution is 5.78. The number of carbonyl (C=O) groups is 1. The first kappa shape index (κ1) is 17.5. The summed E-state index contributed by atoms with van der Waals surface area (Å²) in [5, 5.41) is 0. The molecule has 0 amide bonds. The van der Waals surface area contributed by atoms with Crippen molar-refractivity contribution in [2.24, 2.45) is 0 Å². The second-order valence-electron chi connectivity index (χ2n) is 5.54. The highest BCUT2D eigenvalue weighted by Gasteiger charge is 2.15. The molecule has 1 aromatic heterocycles. The van der Waals surface area contributed by atoms with Crippen molar-refractivity contribution in [2.45, 2.75) is 20.0 Å². The molecule has 0 saturated heterocycles. The van der Waals surface area contributed by atoms with Crippen LogP contribution in [0.25, 0.3) is 11.0 Å². The highest BCUT2D eigenvalue weighted by Crippen LogP contribution is 2.24. The standard InChI is InChI=1S/C19H19N3O4/c1-3-24-19(23)12(2)25-14-5-7-15(8-6-14)26-18-11-21-17-10-13(20)4-9-16(17)22-18/h4-12H,3,20H2,1-2H3. The predicted molar refractivity (Wildman–Crippen MR) is 97.2 cm³/mol.